The third-order valence-electron chi connectivity index (χ3n) is 3.65. The van der Waals surface area contributed by atoms with Crippen LogP contribution in [0.15, 0.2) is 53.4 Å². The summed E-state index contributed by atoms with van der Waals surface area (Å²) < 4.78 is 7.40. The second kappa shape index (κ2) is 6.70. The number of para-hydroxylation sites is 2. The van der Waals surface area contributed by atoms with E-state index in [0.717, 1.165) is 15.5 Å². The molecule has 0 aliphatic heterocycles. The number of nitrogens with one attached hydrogen (secondary N) is 1. The predicted molar refractivity (Wildman–Crippen MR) is 102 cm³/mol. The zero-order chi connectivity index (χ0) is 17.2. The molecule has 0 unspecified atom stereocenters. The molecule has 25 heavy (non-hydrogen) atoms. The van der Waals surface area contributed by atoms with Gasteiger partial charge in [0.15, 0.2) is 4.96 Å². The van der Waals surface area contributed by atoms with Crippen molar-refractivity contribution in [2.45, 2.75) is 6.92 Å². The van der Waals surface area contributed by atoms with E-state index in [2.05, 4.69) is 10.3 Å². The lowest BCUT2D eigenvalue weighted by Gasteiger charge is -2.10. The standard InChI is InChI=1S/C18H15N3O2S2/c1-2-23-15-7-4-3-6-12(15)19-17(22)14-11-25-18-20-13(10-21(14)18)16-8-5-9-24-16/h3-11H,2H2,1H3,(H,19,22). The Balaban J connectivity index is 1.64. The molecule has 0 aliphatic carbocycles. The van der Waals surface area contributed by atoms with Gasteiger partial charge in [0.2, 0.25) is 0 Å². The van der Waals surface area contributed by atoms with Crippen LogP contribution in [-0.2, 0) is 0 Å². The third kappa shape index (κ3) is 3.04. The zero-order valence-corrected chi connectivity index (χ0v) is 15.1. The Morgan fingerprint density at radius 2 is 2.12 bits per heavy atom. The van der Waals surface area contributed by atoms with Gasteiger partial charge in [-0.05, 0) is 30.5 Å². The van der Waals surface area contributed by atoms with E-state index in [-0.39, 0.29) is 5.91 Å². The van der Waals surface area contributed by atoms with E-state index in [1.54, 1.807) is 11.3 Å². The molecule has 5 nitrogen and oxygen atoms in total. The topological polar surface area (TPSA) is 55.6 Å². The number of carbonyl (C=O) groups is 1. The van der Waals surface area contributed by atoms with Crippen LogP contribution in [0.2, 0.25) is 0 Å². The fourth-order valence-corrected chi connectivity index (χ4v) is 4.06. The highest BCUT2D eigenvalue weighted by atomic mass is 32.1. The number of rotatable bonds is 5. The average molecular weight is 369 g/mol. The fourth-order valence-electron chi connectivity index (χ4n) is 2.53. The van der Waals surface area contributed by atoms with Gasteiger partial charge in [-0.25, -0.2) is 4.98 Å². The summed E-state index contributed by atoms with van der Waals surface area (Å²) in [5, 5.41) is 6.76. The van der Waals surface area contributed by atoms with Crippen molar-refractivity contribution in [3.63, 3.8) is 0 Å². The van der Waals surface area contributed by atoms with E-state index in [4.69, 9.17) is 4.74 Å². The van der Waals surface area contributed by atoms with E-state index >= 15 is 0 Å². The monoisotopic (exact) mass is 369 g/mol. The van der Waals surface area contributed by atoms with Crippen molar-refractivity contribution in [2.24, 2.45) is 0 Å². The van der Waals surface area contributed by atoms with E-state index in [1.807, 2.05) is 64.7 Å². The van der Waals surface area contributed by atoms with Crippen molar-refractivity contribution in [1.29, 1.82) is 0 Å². The number of amides is 1. The smallest absolute Gasteiger partial charge is 0.273 e. The highest BCUT2D eigenvalue weighted by Gasteiger charge is 2.17. The lowest BCUT2D eigenvalue weighted by Crippen LogP contribution is -2.14. The molecule has 4 aromatic rings. The number of benzene rings is 1. The Morgan fingerprint density at radius 3 is 2.92 bits per heavy atom. The summed E-state index contributed by atoms with van der Waals surface area (Å²) in [5.41, 5.74) is 2.10. The first-order valence-corrected chi connectivity index (χ1v) is 9.56. The van der Waals surface area contributed by atoms with Crippen LogP contribution in [0, 0.1) is 0 Å². The van der Waals surface area contributed by atoms with Crippen molar-refractivity contribution in [2.75, 3.05) is 11.9 Å². The van der Waals surface area contributed by atoms with Crippen molar-refractivity contribution in [1.82, 2.24) is 9.38 Å². The van der Waals surface area contributed by atoms with Crippen LogP contribution in [0.5, 0.6) is 5.75 Å². The van der Waals surface area contributed by atoms with Gasteiger partial charge in [-0.15, -0.1) is 22.7 Å². The number of ether oxygens (including phenoxy) is 1. The van der Waals surface area contributed by atoms with Crippen LogP contribution in [-0.4, -0.2) is 21.9 Å². The molecule has 1 aromatic carbocycles. The Morgan fingerprint density at radius 1 is 1.24 bits per heavy atom. The number of thiophene rings is 1. The lowest BCUT2D eigenvalue weighted by atomic mass is 10.3. The minimum atomic E-state index is -0.187. The summed E-state index contributed by atoms with van der Waals surface area (Å²) in [7, 11) is 0. The normalized spacial score (nSPS) is 10.9. The minimum absolute atomic E-state index is 0.187. The predicted octanol–water partition coefficient (Wildman–Crippen LogP) is 4.78. The first kappa shape index (κ1) is 15.9. The van der Waals surface area contributed by atoms with Crippen molar-refractivity contribution >= 4 is 39.2 Å². The molecule has 0 radical (unpaired) electrons. The molecule has 0 saturated heterocycles. The Kier molecular flexibility index (Phi) is 4.25. The van der Waals surface area contributed by atoms with Crippen LogP contribution in [0.25, 0.3) is 15.5 Å². The van der Waals surface area contributed by atoms with Crippen molar-refractivity contribution < 1.29 is 9.53 Å². The summed E-state index contributed by atoms with van der Waals surface area (Å²) in [5.74, 6) is 0.475. The first-order chi connectivity index (χ1) is 12.3. The molecule has 0 spiro atoms. The zero-order valence-electron chi connectivity index (χ0n) is 13.4. The molecule has 0 bridgehead atoms. The van der Waals surface area contributed by atoms with Crippen LogP contribution >= 0.6 is 22.7 Å². The Bertz CT molecular complexity index is 1020. The van der Waals surface area contributed by atoms with Gasteiger partial charge in [-0.1, -0.05) is 18.2 Å². The van der Waals surface area contributed by atoms with E-state index in [1.165, 1.54) is 11.3 Å². The molecule has 0 aliphatic rings. The number of imidazole rings is 1. The molecule has 3 aromatic heterocycles. The summed E-state index contributed by atoms with van der Waals surface area (Å²) in [4.78, 5) is 19.2. The number of hydrogen-bond acceptors (Lipinski definition) is 5. The fraction of sp³-hybridized carbons (Fsp3) is 0.111. The molecule has 3 heterocycles. The van der Waals surface area contributed by atoms with E-state index in [0.29, 0.717) is 23.7 Å². The van der Waals surface area contributed by atoms with Crippen LogP contribution < -0.4 is 10.1 Å². The lowest BCUT2D eigenvalue weighted by molar-refractivity contribution is 0.102. The van der Waals surface area contributed by atoms with Crippen molar-refractivity contribution in [3.05, 3.63) is 59.0 Å². The average Bonchev–Trinajstić information content (AvgIpc) is 3.33. The maximum Gasteiger partial charge on any atom is 0.273 e. The maximum atomic E-state index is 12.7. The number of fused-ring (bicyclic) bond motifs is 1. The van der Waals surface area contributed by atoms with Gasteiger partial charge in [0.05, 0.1) is 17.2 Å². The van der Waals surface area contributed by atoms with Crippen molar-refractivity contribution in [3.8, 4) is 16.3 Å². The van der Waals surface area contributed by atoms with Crippen LogP contribution in [0.3, 0.4) is 0 Å². The number of nitrogens with zero attached hydrogens (tertiary/aromatic N) is 2. The Labute approximate surface area is 152 Å². The summed E-state index contributed by atoms with van der Waals surface area (Å²) in [6, 6.07) is 11.4. The second-order valence-corrected chi connectivity index (χ2v) is 7.04. The van der Waals surface area contributed by atoms with Gasteiger partial charge in [-0.3, -0.25) is 9.20 Å². The van der Waals surface area contributed by atoms with Gasteiger partial charge < -0.3 is 10.1 Å². The number of aromatic nitrogens is 2. The number of thiazole rings is 1. The summed E-state index contributed by atoms with van der Waals surface area (Å²) in [6.07, 6.45) is 1.90. The molecular formula is C18H15N3O2S2. The molecule has 1 amide bonds. The second-order valence-electron chi connectivity index (χ2n) is 5.26. The molecule has 126 valence electrons. The molecule has 1 N–H and O–H groups in total. The number of anilines is 1. The van der Waals surface area contributed by atoms with Gasteiger partial charge in [0.25, 0.3) is 5.91 Å². The van der Waals surface area contributed by atoms with Gasteiger partial charge in [0.1, 0.15) is 17.1 Å². The third-order valence-corrected chi connectivity index (χ3v) is 5.38. The maximum absolute atomic E-state index is 12.7. The molecule has 0 atom stereocenters. The number of hydrogen-bond donors (Lipinski definition) is 1. The molecule has 7 heteroatoms. The highest BCUT2D eigenvalue weighted by Crippen LogP contribution is 2.28. The number of carbonyl (C=O) groups excluding carboxylic acids is 1. The summed E-state index contributed by atoms with van der Waals surface area (Å²) in [6.45, 7) is 2.46. The first-order valence-electron chi connectivity index (χ1n) is 7.80. The van der Waals surface area contributed by atoms with Gasteiger partial charge in [-0.2, -0.15) is 0 Å². The van der Waals surface area contributed by atoms with Crippen LogP contribution in [0.1, 0.15) is 17.4 Å². The molecule has 4 rings (SSSR count). The van der Waals surface area contributed by atoms with Crippen LogP contribution in [0.4, 0.5) is 5.69 Å². The molecular weight excluding hydrogens is 354 g/mol. The van der Waals surface area contributed by atoms with E-state index < -0.39 is 0 Å². The Hall–Kier alpha value is -2.64. The molecule has 0 saturated carbocycles. The quantitative estimate of drug-likeness (QED) is 0.551. The van der Waals surface area contributed by atoms with Gasteiger partial charge >= 0.3 is 0 Å². The minimum Gasteiger partial charge on any atom is -0.492 e. The molecule has 0 fully saturated rings. The highest BCUT2D eigenvalue weighted by molar-refractivity contribution is 7.15. The summed E-state index contributed by atoms with van der Waals surface area (Å²) >= 11 is 3.08. The SMILES string of the molecule is CCOc1ccccc1NC(=O)c1csc2nc(-c3cccs3)cn12. The van der Waals surface area contributed by atoms with E-state index in [9.17, 15) is 4.79 Å². The largest absolute Gasteiger partial charge is 0.492 e. The van der Waals surface area contributed by atoms with Gasteiger partial charge in [0, 0.05) is 11.6 Å².